The second kappa shape index (κ2) is 33.4. The molecular formula is C38H80N2. The van der Waals surface area contributed by atoms with E-state index in [4.69, 9.17) is 11.5 Å². The molecule has 0 saturated carbocycles. The summed E-state index contributed by atoms with van der Waals surface area (Å²) >= 11 is 0. The van der Waals surface area contributed by atoms with Gasteiger partial charge in [-0.15, -0.1) is 0 Å². The second-order valence-corrected chi connectivity index (χ2v) is 13.7. The van der Waals surface area contributed by atoms with Gasteiger partial charge in [0.15, 0.2) is 0 Å². The summed E-state index contributed by atoms with van der Waals surface area (Å²) in [4.78, 5) is 0. The lowest BCUT2D eigenvalue weighted by Crippen LogP contribution is -2.46. The summed E-state index contributed by atoms with van der Waals surface area (Å²) < 4.78 is 0. The molecule has 0 aliphatic heterocycles. The van der Waals surface area contributed by atoms with E-state index in [0.29, 0.717) is 6.54 Å². The van der Waals surface area contributed by atoms with E-state index >= 15 is 0 Å². The maximum atomic E-state index is 6.69. The van der Waals surface area contributed by atoms with Crippen LogP contribution in [-0.2, 0) is 0 Å². The normalized spacial score (nSPS) is 12.0. The molecule has 40 heavy (non-hydrogen) atoms. The van der Waals surface area contributed by atoms with E-state index in [-0.39, 0.29) is 5.54 Å². The highest BCUT2D eigenvalue weighted by molar-refractivity contribution is 4.84. The van der Waals surface area contributed by atoms with Gasteiger partial charge in [0.1, 0.15) is 0 Å². The van der Waals surface area contributed by atoms with E-state index in [1.807, 2.05) is 0 Å². The van der Waals surface area contributed by atoms with Gasteiger partial charge < -0.3 is 11.5 Å². The average Bonchev–Trinajstić information content (AvgIpc) is 2.96. The Bertz CT molecular complexity index is 413. The molecule has 0 aliphatic carbocycles. The van der Waals surface area contributed by atoms with E-state index in [1.54, 1.807) is 0 Å². The van der Waals surface area contributed by atoms with Crippen LogP contribution in [0.25, 0.3) is 0 Å². The first-order valence-electron chi connectivity index (χ1n) is 19.2. The SMILES string of the molecule is CCCCCCCCCCCCCCCCCCC(N)(CN)CCCCCCCCCCCCCCCCCC. The molecule has 4 N–H and O–H groups in total. The van der Waals surface area contributed by atoms with Gasteiger partial charge in [0.25, 0.3) is 0 Å². The third-order valence-electron chi connectivity index (χ3n) is 9.46. The first kappa shape index (κ1) is 39.9. The summed E-state index contributed by atoms with van der Waals surface area (Å²) in [6, 6.07) is 0. The average molecular weight is 565 g/mol. The second-order valence-electron chi connectivity index (χ2n) is 13.7. The van der Waals surface area contributed by atoms with Crippen LogP contribution >= 0.6 is 0 Å². The number of rotatable bonds is 35. The minimum atomic E-state index is -0.105. The largest absolute Gasteiger partial charge is 0.329 e. The van der Waals surface area contributed by atoms with E-state index in [9.17, 15) is 0 Å². The van der Waals surface area contributed by atoms with Gasteiger partial charge in [0.05, 0.1) is 0 Å². The van der Waals surface area contributed by atoms with Crippen LogP contribution in [0.4, 0.5) is 0 Å². The van der Waals surface area contributed by atoms with Crippen molar-refractivity contribution in [1.29, 1.82) is 0 Å². The molecule has 0 aliphatic rings. The minimum absolute atomic E-state index is 0.105. The standard InChI is InChI=1S/C38H80N2/c1-3-5-7-9-11-13-15-17-19-21-23-25-27-29-31-33-35-38(40,37-39)36-34-32-30-28-26-24-22-20-18-16-14-12-10-8-6-4-2/h3-37,39-40H2,1-2H3. The van der Waals surface area contributed by atoms with Crippen molar-refractivity contribution in [2.45, 2.75) is 238 Å². The van der Waals surface area contributed by atoms with Gasteiger partial charge in [-0.2, -0.15) is 0 Å². The van der Waals surface area contributed by atoms with Crippen LogP contribution in [0.5, 0.6) is 0 Å². The Morgan fingerprint density at radius 2 is 0.475 bits per heavy atom. The Morgan fingerprint density at radius 3 is 0.650 bits per heavy atom. The van der Waals surface area contributed by atoms with Crippen LogP contribution < -0.4 is 11.5 Å². The van der Waals surface area contributed by atoms with Gasteiger partial charge in [-0.05, 0) is 12.8 Å². The quantitative estimate of drug-likeness (QED) is 0.0752. The molecule has 0 aromatic carbocycles. The Balaban J connectivity index is 3.38. The monoisotopic (exact) mass is 565 g/mol. The van der Waals surface area contributed by atoms with Crippen LogP contribution in [0.3, 0.4) is 0 Å². The predicted molar refractivity (Wildman–Crippen MR) is 184 cm³/mol. The highest BCUT2D eigenvalue weighted by atomic mass is 14.8. The highest BCUT2D eigenvalue weighted by Gasteiger charge is 2.21. The van der Waals surface area contributed by atoms with Crippen molar-refractivity contribution in [3.8, 4) is 0 Å². The maximum absolute atomic E-state index is 6.69. The molecule has 0 unspecified atom stereocenters. The molecule has 0 heterocycles. The molecule has 242 valence electrons. The molecule has 0 radical (unpaired) electrons. The van der Waals surface area contributed by atoms with Crippen LogP contribution in [0.2, 0.25) is 0 Å². The molecule has 0 rings (SSSR count). The predicted octanol–water partition coefficient (Wildman–Crippen LogP) is 12.9. The lowest BCUT2D eigenvalue weighted by Gasteiger charge is -2.28. The molecular weight excluding hydrogens is 484 g/mol. The first-order chi connectivity index (χ1) is 19.7. The highest BCUT2D eigenvalue weighted by Crippen LogP contribution is 2.21. The Kier molecular flexibility index (Phi) is 33.4. The van der Waals surface area contributed by atoms with Crippen molar-refractivity contribution in [1.82, 2.24) is 0 Å². The van der Waals surface area contributed by atoms with Crippen LogP contribution in [0, 0.1) is 0 Å². The lowest BCUT2D eigenvalue weighted by atomic mass is 9.87. The summed E-state index contributed by atoms with van der Waals surface area (Å²) in [7, 11) is 0. The summed E-state index contributed by atoms with van der Waals surface area (Å²) in [5, 5.41) is 0. The van der Waals surface area contributed by atoms with E-state index in [2.05, 4.69) is 13.8 Å². The summed E-state index contributed by atoms with van der Waals surface area (Å²) in [6.45, 7) is 5.26. The number of nitrogens with two attached hydrogens (primary N) is 2. The molecule has 0 aromatic heterocycles. The summed E-state index contributed by atoms with van der Waals surface area (Å²) in [5.74, 6) is 0. The van der Waals surface area contributed by atoms with Crippen molar-refractivity contribution in [3.63, 3.8) is 0 Å². The van der Waals surface area contributed by atoms with Crippen molar-refractivity contribution in [2.24, 2.45) is 11.5 Å². The van der Waals surface area contributed by atoms with Crippen LogP contribution in [-0.4, -0.2) is 12.1 Å². The van der Waals surface area contributed by atoms with Gasteiger partial charge in [-0.3, -0.25) is 0 Å². The Morgan fingerprint density at radius 1 is 0.300 bits per heavy atom. The molecule has 0 spiro atoms. The third-order valence-corrected chi connectivity index (χ3v) is 9.46. The van der Waals surface area contributed by atoms with Crippen molar-refractivity contribution >= 4 is 0 Å². The van der Waals surface area contributed by atoms with Gasteiger partial charge in [-0.25, -0.2) is 0 Å². The van der Waals surface area contributed by atoms with Gasteiger partial charge in [0.2, 0.25) is 0 Å². The van der Waals surface area contributed by atoms with Crippen molar-refractivity contribution in [2.75, 3.05) is 6.54 Å². The number of hydrogen-bond donors (Lipinski definition) is 2. The topological polar surface area (TPSA) is 52.0 Å². The minimum Gasteiger partial charge on any atom is -0.329 e. The number of hydrogen-bond acceptors (Lipinski definition) is 2. The van der Waals surface area contributed by atoms with Crippen LogP contribution in [0.15, 0.2) is 0 Å². The molecule has 0 saturated heterocycles. The lowest BCUT2D eigenvalue weighted by molar-refractivity contribution is 0.342. The first-order valence-corrected chi connectivity index (χ1v) is 19.2. The molecule has 2 nitrogen and oxygen atoms in total. The summed E-state index contributed by atoms with van der Waals surface area (Å²) in [6.07, 6.45) is 47.8. The van der Waals surface area contributed by atoms with Crippen molar-refractivity contribution in [3.05, 3.63) is 0 Å². The maximum Gasteiger partial charge on any atom is 0.0278 e. The fourth-order valence-corrected chi connectivity index (χ4v) is 6.38. The van der Waals surface area contributed by atoms with Gasteiger partial charge >= 0.3 is 0 Å². The van der Waals surface area contributed by atoms with E-state index in [1.165, 1.54) is 205 Å². The van der Waals surface area contributed by atoms with E-state index < -0.39 is 0 Å². The molecule has 0 aromatic rings. The molecule has 0 atom stereocenters. The molecule has 0 amide bonds. The van der Waals surface area contributed by atoms with E-state index in [0.717, 1.165) is 12.8 Å². The smallest absolute Gasteiger partial charge is 0.0278 e. The fraction of sp³-hybridized carbons (Fsp3) is 1.00. The van der Waals surface area contributed by atoms with Gasteiger partial charge in [0, 0.05) is 12.1 Å². The zero-order valence-electron chi connectivity index (χ0n) is 28.4. The third kappa shape index (κ3) is 30.9. The fourth-order valence-electron chi connectivity index (χ4n) is 6.38. The molecule has 2 heteroatoms. The summed E-state index contributed by atoms with van der Waals surface area (Å²) in [5.41, 5.74) is 12.7. The Hall–Kier alpha value is -0.0800. The Labute approximate surface area is 255 Å². The number of unbranched alkanes of at least 4 members (excludes halogenated alkanes) is 30. The zero-order chi connectivity index (χ0) is 29.2. The van der Waals surface area contributed by atoms with Crippen LogP contribution in [0.1, 0.15) is 232 Å². The van der Waals surface area contributed by atoms with Gasteiger partial charge in [-0.1, -0.05) is 219 Å². The molecule has 0 bridgehead atoms. The molecule has 0 fully saturated rings. The zero-order valence-corrected chi connectivity index (χ0v) is 28.4. The van der Waals surface area contributed by atoms with Crippen molar-refractivity contribution < 1.29 is 0 Å².